The Morgan fingerprint density at radius 1 is 0.754 bits per heavy atom. The molecule has 0 aliphatic carbocycles. The van der Waals surface area contributed by atoms with Crippen molar-refractivity contribution in [1.29, 1.82) is 0 Å². The summed E-state index contributed by atoms with van der Waals surface area (Å²) in [6.07, 6.45) is 4.87. The van der Waals surface area contributed by atoms with E-state index in [9.17, 15) is 19.2 Å². The van der Waals surface area contributed by atoms with Crippen molar-refractivity contribution in [3.8, 4) is 0 Å². The fraction of sp³-hybridized carbons (Fsp3) is 0.574. The van der Waals surface area contributed by atoms with Gasteiger partial charge in [0.05, 0.1) is 12.1 Å². The molecule has 4 amide bonds. The van der Waals surface area contributed by atoms with Crippen LogP contribution in [0.4, 0.5) is 9.59 Å². The minimum Gasteiger partial charge on any atom is -0.444 e. The molecule has 0 bridgehead atoms. The molecule has 61 heavy (non-hydrogen) atoms. The van der Waals surface area contributed by atoms with Gasteiger partial charge in [-0.3, -0.25) is 9.59 Å². The number of H-pyrrole nitrogens is 2. The Kier molecular flexibility index (Phi) is 14.6. The van der Waals surface area contributed by atoms with E-state index in [4.69, 9.17) is 32.7 Å². The van der Waals surface area contributed by atoms with Crippen LogP contribution in [0.25, 0.3) is 21.8 Å². The molecule has 2 aliphatic heterocycles. The average Bonchev–Trinajstić information content (AvgIpc) is 3.73. The van der Waals surface area contributed by atoms with E-state index < -0.39 is 23.4 Å². The third kappa shape index (κ3) is 11.7. The Morgan fingerprint density at radius 3 is 1.85 bits per heavy atom. The van der Waals surface area contributed by atoms with Crippen molar-refractivity contribution in [1.82, 2.24) is 30.4 Å². The molecule has 4 aromatic rings. The normalized spacial score (nSPS) is 17.3. The van der Waals surface area contributed by atoms with Crippen molar-refractivity contribution in [3.05, 3.63) is 69.0 Å². The van der Waals surface area contributed by atoms with Crippen molar-refractivity contribution < 1.29 is 28.7 Å². The highest BCUT2D eigenvalue weighted by Gasteiger charge is 2.36. The van der Waals surface area contributed by atoms with Crippen molar-refractivity contribution in [2.45, 2.75) is 136 Å². The standard InChI is InChI=1S/C47H64Cl2N6O6/c1-28(2)23-38-42-34(32-14-12-30(48)25-36(32)52-42)18-22-55(38)41(57)27-51-45(59)61-47(7,8)19-16-29(3)24-39-43-35(33-15-13-31(49)26-37(33)53-43)17-21-54(39)40(56)11-9-10-20-50-44(58)60-46(4,5)6/h12-15,25-26,28-29,38-39,52-53H,9-11,16-24,27H2,1-8H3,(H,50,58)(H,51,59). The van der Waals surface area contributed by atoms with E-state index in [1.54, 1.807) is 0 Å². The van der Waals surface area contributed by atoms with E-state index in [2.05, 4.69) is 41.4 Å². The van der Waals surface area contributed by atoms with Crippen LogP contribution >= 0.6 is 23.2 Å². The number of halogens is 2. The summed E-state index contributed by atoms with van der Waals surface area (Å²) in [5, 5.41) is 9.09. The Morgan fingerprint density at radius 2 is 1.30 bits per heavy atom. The monoisotopic (exact) mass is 878 g/mol. The van der Waals surface area contributed by atoms with Gasteiger partial charge in [-0.15, -0.1) is 0 Å². The van der Waals surface area contributed by atoms with Gasteiger partial charge in [0.15, 0.2) is 0 Å². The van der Waals surface area contributed by atoms with E-state index >= 15 is 0 Å². The first-order valence-corrected chi connectivity index (χ1v) is 22.7. The predicted molar refractivity (Wildman–Crippen MR) is 242 cm³/mol. The first-order valence-electron chi connectivity index (χ1n) is 21.9. The number of aromatic nitrogens is 2. The van der Waals surface area contributed by atoms with Crippen LogP contribution in [0.2, 0.25) is 10.0 Å². The molecule has 0 spiro atoms. The SMILES string of the molecule is CC(C)CC1c2[nH]c3cc(Cl)ccc3c2CCN1C(=O)CNC(=O)OC(C)(C)CCC(C)CC1c2[nH]c3cc(Cl)ccc3c2CCN1C(=O)CCCCNC(=O)OC(C)(C)C. The van der Waals surface area contributed by atoms with Crippen molar-refractivity contribution in [3.63, 3.8) is 0 Å². The fourth-order valence-corrected chi connectivity index (χ4v) is 9.30. The van der Waals surface area contributed by atoms with E-state index in [0.717, 1.165) is 58.9 Å². The lowest BCUT2D eigenvalue weighted by atomic mass is 9.87. The van der Waals surface area contributed by atoms with Gasteiger partial charge < -0.3 is 39.9 Å². The molecule has 332 valence electrons. The van der Waals surface area contributed by atoms with Gasteiger partial charge >= 0.3 is 12.2 Å². The summed E-state index contributed by atoms with van der Waals surface area (Å²) < 4.78 is 11.3. The molecule has 0 fully saturated rings. The summed E-state index contributed by atoms with van der Waals surface area (Å²) >= 11 is 12.7. The molecule has 12 nitrogen and oxygen atoms in total. The van der Waals surface area contributed by atoms with Crippen molar-refractivity contribution in [2.75, 3.05) is 26.2 Å². The molecule has 0 saturated carbocycles. The lowest BCUT2D eigenvalue weighted by Gasteiger charge is -2.38. The number of nitrogens with zero attached hydrogens (tertiary/aromatic N) is 2. The zero-order chi connectivity index (χ0) is 44.2. The fourth-order valence-electron chi connectivity index (χ4n) is 8.96. The molecule has 0 saturated heterocycles. The molecule has 4 heterocycles. The highest BCUT2D eigenvalue weighted by atomic mass is 35.5. The topological polar surface area (TPSA) is 149 Å². The van der Waals surface area contributed by atoms with Gasteiger partial charge in [0.1, 0.15) is 17.7 Å². The summed E-state index contributed by atoms with van der Waals surface area (Å²) in [5.41, 5.74) is 5.08. The summed E-state index contributed by atoms with van der Waals surface area (Å²) in [5.74, 6) is 0.450. The number of benzene rings is 2. The van der Waals surface area contributed by atoms with Gasteiger partial charge in [0, 0.05) is 69.3 Å². The molecule has 0 radical (unpaired) electrons. The Bertz CT molecular complexity index is 2220. The van der Waals surface area contributed by atoms with Crippen LogP contribution in [-0.4, -0.2) is 81.1 Å². The highest BCUT2D eigenvalue weighted by Crippen LogP contribution is 2.41. The minimum atomic E-state index is -0.800. The number of aromatic amines is 2. The van der Waals surface area contributed by atoms with E-state index in [1.807, 2.05) is 80.8 Å². The first kappa shape index (κ1) is 46.1. The number of carbonyl (C=O) groups is 4. The molecule has 2 aliphatic rings. The third-order valence-corrected chi connectivity index (χ3v) is 12.3. The highest BCUT2D eigenvalue weighted by molar-refractivity contribution is 6.31. The van der Waals surface area contributed by atoms with E-state index in [1.165, 1.54) is 11.1 Å². The third-order valence-electron chi connectivity index (χ3n) is 11.9. The Hall–Kier alpha value is -4.42. The molecular formula is C47H64Cl2N6O6. The number of alkyl carbamates (subject to hydrolysis) is 2. The van der Waals surface area contributed by atoms with Crippen LogP contribution in [0, 0.1) is 11.8 Å². The van der Waals surface area contributed by atoms with Gasteiger partial charge in [0.2, 0.25) is 11.8 Å². The largest absolute Gasteiger partial charge is 0.444 e. The number of amides is 4. The second-order valence-electron chi connectivity index (χ2n) is 19.0. The second-order valence-corrected chi connectivity index (χ2v) is 19.9. The summed E-state index contributed by atoms with van der Waals surface area (Å²) in [6, 6.07) is 11.5. The van der Waals surface area contributed by atoms with Crippen molar-refractivity contribution in [2.24, 2.45) is 11.8 Å². The summed E-state index contributed by atoms with van der Waals surface area (Å²) in [6.45, 7) is 17.2. The molecule has 3 atom stereocenters. The van der Waals surface area contributed by atoms with Crippen molar-refractivity contribution >= 4 is 69.0 Å². The average molecular weight is 880 g/mol. The van der Waals surface area contributed by atoms with Gasteiger partial charge in [-0.2, -0.15) is 0 Å². The molecule has 3 unspecified atom stereocenters. The second kappa shape index (κ2) is 19.3. The maximum absolute atomic E-state index is 13.9. The van der Waals surface area contributed by atoms with Crippen LogP contribution in [0.3, 0.4) is 0 Å². The van der Waals surface area contributed by atoms with Crippen LogP contribution in [-0.2, 0) is 31.9 Å². The molecular weight excluding hydrogens is 815 g/mol. The van der Waals surface area contributed by atoms with Gasteiger partial charge in [-0.05, 0) is 133 Å². The van der Waals surface area contributed by atoms with Crippen LogP contribution in [0.1, 0.15) is 135 Å². The molecule has 2 aromatic carbocycles. The molecule has 2 aromatic heterocycles. The van der Waals surface area contributed by atoms with Gasteiger partial charge in [0.25, 0.3) is 0 Å². The lowest BCUT2D eigenvalue weighted by Crippen LogP contribution is -2.46. The van der Waals surface area contributed by atoms with E-state index in [0.29, 0.717) is 67.7 Å². The molecule has 14 heteroatoms. The lowest BCUT2D eigenvalue weighted by molar-refractivity contribution is -0.135. The first-order chi connectivity index (χ1) is 28.8. The number of carbonyl (C=O) groups excluding carboxylic acids is 4. The quantitative estimate of drug-likeness (QED) is 0.0874. The van der Waals surface area contributed by atoms with Crippen LogP contribution in [0.5, 0.6) is 0 Å². The minimum absolute atomic E-state index is 0.0819. The number of nitrogens with one attached hydrogen (secondary N) is 4. The number of unbranched alkanes of at least 4 members (excludes halogenated alkanes) is 1. The van der Waals surface area contributed by atoms with Crippen LogP contribution < -0.4 is 10.6 Å². The number of rotatable bonds is 15. The maximum atomic E-state index is 13.9. The zero-order valence-corrected chi connectivity index (χ0v) is 38.6. The van der Waals surface area contributed by atoms with Crippen LogP contribution in [0.15, 0.2) is 36.4 Å². The predicted octanol–water partition coefficient (Wildman–Crippen LogP) is 10.6. The van der Waals surface area contributed by atoms with Gasteiger partial charge in [-0.25, -0.2) is 9.59 Å². The van der Waals surface area contributed by atoms with E-state index in [-0.39, 0.29) is 36.4 Å². The number of hydrogen-bond acceptors (Lipinski definition) is 6. The number of hydrogen-bond donors (Lipinski definition) is 4. The molecule has 4 N–H and O–H groups in total. The Labute approximate surface area is 370 Å². The van der Waals surface area contributed by atoms with Gasteiger partial charge in [-0.1, -0.05) is 56.1 Å². The zero-order valence-electron chi connectivity index (χ0n) is 37.1. The number of ether oxygens (including phenoxy) is 2. The number of fused-ring (bicyclic) bond motifs is 6. The smallest absolute Gasteiger partial charge is 0.408 e. The summed E-state index contributed by atoms with van der Waals surface area (Å²) in [4.78, 5) is 63.9. The molecule has 6 rings (SSSR count). The maximum Gasteiger partial charge on any atom is 0.408 e. The summed E-state index contributed by atoms with van der Waals surface area (Å²) in [7, 11) is 0. The Balaban J connectivity index is 1.03.